The van der Waals surface area contributed by atoms with Crippen molar-refractivity contribution >= 4 is 11.6 Å². The Bertz CT molecular complexity index is 449. The zero-order valence-electron chi connectivity index (χ0n) is 12.2. The van der Waals surface area contributed by atoms with Crippen LogP contribution in [0, 0.1) is 0 Å². The third-order valence-corrected chi connectivity index (χ3v) is 2.86. The van der Waals surface area contributed by atoms with Gasteiger partial charge < -0.3 is 25.3 Å². The standard InChI is InChI=1S/C14H22N2O4/c1-18-7-5-4-6-16-14(17)10-8-12(19-2)13(20-3)9-11(10)15/h8-9H,4-7,15H2,1-3H3,(H,16,17). The molecule has 0 aromatic heterocycles. The van der Waals surface area contributed by atoms with Crippen LogP contribution < -0.4 is 20.5 Å². The van der Waals surface area contributed by atoms with Crippen molar-refractivity contribution in [2.24, 2.45) is 0 Å². The average molecular weight is 282 g/mol. The summed E-state index contributed by atoms with van der Waals surface area (Å²) in [6.07, 6.45) is 1.75. The fourth-order valence-corrected chi connectivity index (χ4v) is 1.76. The Kier molecular flexibility index (Phi) is 6.66. The minimum atomic E-state index is -0.221. The third kappa shape index (κ3) is 4.31. The van der Waals surface area contributed by atoms with E-state index in [-0.39, 0.29) is 5.91 Å². The summed E-state index contributed by atoms with van der Waals surface area (Å²) >= 11 is 0. The highest BCUT2D eigenvalue weighted by molar-refractivity contribution is 6.00. The molecule has 3 N–H and O–H groups in total. The van der Waals surface area contributed by atoms with E-state index in [1.807, 2.05) is 0 Å². The van der Waals surface area contributed by atoms with E-state index in [9.17, 15) is 4.79 Å². The van der Waals surface area contributed by atoms with Crippen molar-refractivity contribution in [3.05, 3.63) is 17.7 Å². The van der Waals surface area contributed by atoms with E-state index in [1.54, 1.807) is 19.2 Å². The lowest BCUT2D eigenvalue weighted by atomic mass is 10.1. The van der Waals surface area contributed by atoms with Crippen LogP contribution in [0.25, 0.3) is 0 Å². The van der Waals surface area contributed by atoms with E-state index in [1.165, 1.54) is 14.2 Å². The summed E-state index contributed by atoms with van der Waals surface area (Å²) in [5, 5.41) is 2.82. The fraction of sp³-hybridized carbons (Fsp3) is 0.500. The molecule has 0 aliphatic carbocycles. The number of nitrogens with one attached hydrogen (secondary N) is 1. The number of rotatable bonds is 8. The molecule has 0 aliphatic heterocycles. The summed E-state index contributed by atoms with van der Waals surface area (Å²) in [4.78, 5) is 12.0. The van der Waals surface area contributed by atoms with Gasteiger partial charge in [0.2, 0.25) is 0 Å². The topological polar surface area (TPSA) is 82.8 Å². The van der Waals surface area contributed by atoms with Crippen LogP contribution in [0.2, 0.25) is 0 Å². The Labute approximate surface area is 119 Å². The Balaban J connectivity index is 2.68. The minimum absolute atomic E-state index is 0.221. The maximum atomic E-state index is 12.0. The number of hydrogen-bond donors (Lipinski definition) is 2. The van der Waals surface area contributed by atoms with Crippen LogP contribution in [0.15, 0.2) is 12.1 Å². The van der Waals surface area contributed by atoms with Crippen molar-refractivity contribution < 1.29 is 19.0 Å². The molecule has 1 aromatic rings. The molecule has 1 rings (SSSR count). The number of ether oxygens (including phenoxy) is 3. The van der Waals surface area contributed by atoms with Crippen LogP contribution in [0.5, 0.6) is 11.5 Å². The zero-order valence-corrected chi connectivity index (χ0v) is 12.2. The largest absolute Gasteiger partial charge is 0.493 e. The van der Waals surface area contributed by atoms with Gasteiger partial charge in [-0.3, -0.25) is 4.79 Å². The fourth-order valence-electron chi connectivity index (χ4n) is 1.76. The number of amides is 1. The van der Waals surface area contributed by atoms with Crippen molar-refractivity contribution in [3.63, 3.8) is 0 Å². The quantitative estimate of drug-likeness (QED) is 0.557. The second-order valence-electron chi connectivity index (χ2n) is 4.25. The summed E-state index contributed by atoms with van der Waals surface area (Å²) in [7, 11) is 4.69. The van der Waals surface area contributed by atoms with Crippen LogP contribution in [-0.2, 0) is 4.74 Å². The zero-order chi connectivity index (χ0) is 15.0. The number of nitrogens with two attached hydrogens (primary N) is 1. The number of benzene rings is 1. The van der Waals surface area contributed by atoms with Crippen LogP contribution >= 0.6 is 0 Å². The van der Waals surface area contributed by atoms with Gasteiger partial charge in [0.25, 0.3) is 5.91 Å². The normalized spacial score (nSPS) is 10.2. The van der Waals surface area contributed by atoms with Gasteiger partial charge in [-0.25, -0.2) is 0 Å². The summed E-state index contributed by atoms with van der Waals surface area (Å²) in [6.45, 7) is 1.27. The van der Waals surface area contributed by atoms with Gasteiger partial charge in [0.15, 0.2) is 11.5 Å². The van der Waals surface area contributed by atoms with E-state index in [0.29, 0.717) is 35.9 Å². The van der Waals surface area contributed by atoms with Crippen molar-refractivity contribution in [2.75, 3.05) is 40.2 Å². The smallest absolute Gasteiger partial charge is 0.253 e. The molecule has 6 heteroatoms. The molecule has 0 aliphatic rings. The molecular formula is C14H22N2O4. The van der Waals surface area contributed by atoms with Crippen LogP contribution in [0.1, 0.15) is 23.2 Å². The minimum Gasteiger partial charge on any atom is -0.493 e. The molecule has 0 spiro atoms. The van der Waals surface area contributed by atoms with Gasteiger partial charge in [-0.15, -0.1) is 0 Å². The van der Waals surface area contributed by atoms with Crippen molar-refractivity contribution in [3.8, 4) is 11.5 Å². The molecule has 0 heterocycles. The Morgan fingerprint density at radius 2 is 1.80 bits per heavy atom. The number of unbranched alkanes of at least 4 members (excludes halogenated alkanes) is 1. The Morgan fingerprint density at radius 3 is 2.40 bits per heavy atom. The van der Waals surface area contributed by atoms with Crippen LogP contribution in [0.4, 0.5) is 5.69 Å². The first-order valence-electron chi connectivity index (χ1n) is 6.42. The molecule has 0 bridgehead atoms. The molecule has 0 saturated carbocycles. The van der Waals surface area contributed by atoms with Gasteiger partial charge in [-0.2, -0.15) is 0 Å². The third-order valence-electron chi connectivity index (χ3n) is 2.86. The van der Waals surface area contributed by atoms with Crippen molar-refractivity contribution in [1.29, 1.82) is 0 Å². The van der Waals surface area contributed by atoms with E-state index in [4.69, 9.17) is 19.9 Å². The van der Waals surface area contributed by atoms with Gasteiger partial charge in [0.05, 0.1) is 19.8 Å². The number of nitrogen functional groups attached to an aromatic ring is 1. The van der Waals surface area contributed by atoms with E-state index in [2.05, 4.69) is 5.32 Å². The first-order chi connectivity index (χ1) is 9.63. The lowest BCUT2D eigenvalue weighted by Crippen LogP contribution is -2.25. The van der Waals surface area contributed by atoms with Gasteiger partial charge >= 0.3 is 0 Å². The summed E-state index contributed by atoms with van der Waals surface area (Å²) in [6, 6.07) is 3.16. The van der Waals surface area contributed by atoms with E-state index < -0.39 is 0 Å². The molecule has 1 aromatic carbocycles. The summed E-state index contributed by atoms with van der Waals surface area (Å²) in [5.74, 6) is 0.758. The molecule has 0 saturated heterocycles. The number of carbonyl (C=O) groups is 1. The number of carbonyl (C=O) groups excluding carboxylic acids is 1. The molecule has 0 fully saturated rings. The second kappa shape index (κ2) is 8.27. The maximum Gasteiger partial charge on any atom is 0.253 e. The predicted molar refractivity (Wildman–Crippen MR) is 77.4 cm³/mol. The summed E-state index contributed by atoms with van der Waals surface area (Å²) < 4.78 is 15.2. The van der Waals surface area contributed by atoms with Crippen molar-refractivity contribution in [2.45, 2.75) is 12.8 Å². The molecular weight excluding hydrogens is 260 g/mol. The molecule has 1 amide bonds. The monoisotopic (exact) mass is 282 g/mol. The predicted octanol–water partition coefficient (Wildman–Crippen LogP) is 1.44. The first-order valence-corrected chi connectivity index (χ1v) is 6.42. The molecule has 0 radical (unpaired) electrons. The lowest BCUT2D eigenvalue weighted by Gasteiger charge is -2.12. The highest BCUT2D eigenvalue weighted by Crippen LogP contribution is 2.31. The van der Waals surface area contributed by atoms with E-state index in [0.717, 1.165) is 12.8 Å². The van der Waals surface area contributed by atoms with Crippen LogP contribution in [-0.4, -0.2) is 40.4 Å². The van der Waals surface area contributed by atoms with Crippen LogP contribution in [0.3, 0.4) is 0 Å². The highest BCUT2D eigenvalue weighted by atomic mass is 16.5. The van der Waals surface area contributed by atoms with Gasteiger partial charge in [0, 0.05) is 32.0 Å². The lowest BCUT2D eigenvalue weighted by molar-refractivity contribution is 0.0952. The number of hydrogen-bond acceptors (Lipinski definition) is 5. The molecule has 6 nitrogen and oxygen atoms in total. The second-order valence-corrected chi connectivity index (χ2v) is 4.25. The van der Waals surface area contributed by atoms with Gasteiger partial charge in [-0.1, -0.05) is 0 Å². The number of anilines is 1. The average Bonchev–Trinajstić information content (AvgIpc) is 2.46. The molecule has 20 heavy (non-hydrogen) atoms. The number of methoxy groups -OCH3 is 3. The SMILES string of the molecule is COCCCCNC(=O)c1cc(OC)c(OC)cc1N. The van der Waals surface area contributed by atoms with Gasteiger partial charge in [0.1, 0.15) is 0 Å². The maximum absolute atomic E-state index is 12.0. The highest BCUT2D eigenvalue weighted by Gasteiger charge is 2.14. The van der Waals surface area contributed by atoms with Crippen molar-refractivity contribution in [1.82, 2.24) is 5.32 Å². The van der Waals surface area contributed by atoms with Gasteiger partial charge in [-0.05, 0) is 18.9 Å². The molecule has 0 unspecified atom stereocenters. The van der Waals surface area contributed by atoms with E-state index >= 15 is 0 Å². The Hall–Kier alpha value is -1.95. The molecule has 112 valence electrons. The first kappa shape index (κ1) is 16.1. The molecule has 0 atom stereocenters. The summed E-state index contributed by atoms with van der Waals surface area (Å²) in [5.41, 5.74) is 6.60. The Morgan fingerprint density at radius 1 is 1.15 bits per heavy atom.